The molecular formula is C8H4BrF3N2S. The van der Waals surface area contributed by atoms with Crippen LogP contribution >= 0.6 is 27.3 Å². The molecule has 80 valence electrons. The van der Waals surface area contributed by atoms with Crippen LogP contribution < -0.4 is 0 Å². The normalized spacial score (nSPS) is 12.0. The molecule has 0 saturated heterocycles. The fourth-order valence-corrected chi connectivity index (χ4v) is 2.83. The first-order chi connectivity index (χ1) is 7.00. The van der Waals surface area contributed by atoms with Crippen molar-refractivity contribution >= 4 is 27.3 Å². The molecule has 2 aromatic rings. The standard InChI is InChI=1S/C8H4BrF3N2S/c9-4-3-15-7(8(10,11)12)6(4)5-1-2-13-14-5/h1-3H,(H,13,14). The monoisotopic (exact) mass is 296 g/mol. The highest BCUT2D eigenvalue weighted by atomic mass is 79.9. The van der Waals surface area contributed by atoms with Crippen molar-refractivity contribution in [2.45, 2.75) is 6.18 Å². The maximum absolute atomic E-state index is 12.6. The third-order valence-corrected chi connectivity index (χ3v) is 3.73. The minimum absolute atomic E-state index is 0.116. The van der Waals surface area contributed by atoms with Crippen LogP contribution in [0.1, 0.15) is 4.88 Å². The molecule has 2 nitrogen and oxygen atoms in total. The van der Waals surface area contributed by atoms with Crippen LogP contribution in [0.3, 0.4) is 0 Å². The fourth-order valence-electron chi connectivity index (χ4n) is 1.19. The number of aromatic amines is 1. The van der Waals surface area contributed by atoms with Crippen molar-refractivity contribution in [1.29, 1.82) is 0 Å². The molecule has 0 aliphatic carbocycles. The van der Waals surface area contributed by atoms with Crippen LogP contribution in [0.4, 0.5) is 13.2 Å². The van der Waals surface area contributed by atoms with Crippen LogP contribution in [-0.2, 0) is 6.18 Å². The molecule has 0 aliphatic rings. The summed E-state index contributed by atoms with van der Waals surface area (Å²) in [6.45, 7) is 0. The van der Waals surface area contributed by atoms with Gasteiger partial charge in [0, 0.05) is 21.6 Å². The number of hydrogen-bond donors (Lipinski definition) is 1. The van der Waals surface area contributed by atoms with Gasteiger partial charge in [-0.05, 0) is 22.0 Å². The zero-order valence-corrected chi connectivity index (χ0v) is 9.50. The first-order valence-corrected chi connectivity index (χ1v) is 5.51. The lowest BCUT2D eigenvalue weighted by molar-refractivity contribution is -0.133. The lowest BCUT2D eigenvalue weighted by Gasteiger charge is -2.06. The SMILES string of the molecule is FC(F)(F)c1scc(Br)c1-c1ccn[nH]1. The summed E-state index contributed by atoms with van der Waals surface area (Å²) in [7, 11) is 0. The average molecular weight is 297 g/mol. The van der Waals surface area contributed by atoms with Gasteiger partial charge in [-0.1, -0.05) is 0 Å². The molecule has 0 atom stereocenters. The number of thiophene rings is 1. The molecule has 0 radical (unpaired) electrons. The molecule has 0 saturated carbocycles. The Labute approximate surface area is 95.3 Å². The van der Waals surface area contributed by atoms with Crippen LogP contribution in [0.15, 0.2) is 22.1 Å². The number of rotatable bonds is 1. The number of nitrogens with zero attached hydrogens (tertiary/aromatic N) is 1. The molecule has 2 heterocycles. The van der Waals surface area contributed by atoms with Crippen LogP contribution in [-0.4, -0.2) is 10.2 Å². The molecule has 0 fully saturated rings. The van der Waals surface area contributed by atoms with E-state index in [1.807, 2.05) is 0 Å². The molecule has 7 heteroatoms. The van der Waals surface area contributed by atoms with E-state index in [9.17, 15) is 13.2 Å². The minimum atomic E-state index is -4.34. The number of hydrogen-bond acceptors (Lipinski definition) is 2. The third kappa shape index (κ3) is 1.93. The van der Waals surface area contributed by atoms with Gasteiger partial charge in [0.2, 0.25) is 0 Å². The van der Waals surface area contributed by atoms with Gasteiger partial charge in [-0.15, -0.1) is 11.3 Å². The Balaban J connectivity index is 2.60. The van der Waals surface area contributed by atoms with Gasteiger partial charge in [0.1, 0.15) is 4.88 Å². The second-order valence-corrected chi connectivity index (χ2v) is 4.49. The van der Waals surface area contributed by atoms with Gasteiger partial charge >= 0.3 is 6.18 Å². The predicted molar refractivity (Wildman–Crippen MR) is 54.6 cm³/mol. The Morgan fingerprint density at radius 3 is 2.67 bits per heavy atom. The highest BCUT2D eigenvalue weighted by Crippen LogP contribution is 2.44. The van der Waals surface area contributed by atoms with Crippen molar-refractivity contribution in [2.75, 3.05) is 0 Å². The lowest BCUT2D eigenvalue weighted by Crippen LogP contribution is -2.03. The molecular weight excluding hydrogens is 293 g/mol. The van der Waals surface area contributed by atoms with Gasteiger partial charge in [-0.2, -0.15) is 18.3 Å². The molecule has 1 N–H and O–H groups in total. The highest BCUT2D eigenvalue weighted by Gasteiger charge is 2.36. The van der Waals surface area contributed by atoms with Crippen molar-refractivity contribution in [1.82, 2.24) is 10.2 Å². The third-order valence-electron chi connectivity index (χ3n) is 1.77. The van der Waals surface area contributed by atoms with Crippen molar-refractivity contribution < 1.29 is 13.2 Å². The number of halogens is 4. The predicted octanol–water partition coefficient (Wildman–Crippen LogP) is 3.92. The van der Waals surface area contributed by atoms with Crippen molar-refractivity contribution in [3.8, 4) is 11.3 Å². The van der Waals surface area contributed by atoms with Crippen molar-refractivity contribution in [2.24, 2.45) is 0 Å². The van der Waals surface area contributed by atoms with E-state index in [0.717, 1.165) is 0 Å². The van der Waals surface area contributed by atoms with Gasteiger partial charge in [0.05, 0.1) is 5.69 Å². The second kappa shape index (κ2) is 3.64. The zero-order chi connectivity index (χ0) is 11.1. The van der Waals surface area contributed by atoms with E-state index in [4.69, 9.17) is 0 Å². The van der Waals surface area contributed by atoms with Crippen molar-refractivity contribution in [3.05, 3.63) is 27.0 Å². The largest absolute Gasteiger partial charge is 0.426 e. The summed E-state index contributed by atoms with van der Waals surface area (Å²) < 4.78 is 38.2. The van der Waals surface area contributed by atoms with Crippen LogP contribution in [0.2, 0.25) is 0 Å². The fraction of sp³-hybridized carbons (Fsp3) is 0.125. The zero-order valence-electron chi connectivity index (χ0n) is 7.10. The van der Waals surface area contributed by atoms with E-state index >= 15 is 0 Å². The minimum Gasteiger partial charge on any atom is -0.278 e. The molecule has 0 bridgehead atoms. The Morgan fingerprint density at radius 2 is 2.13 bits per heavy atom. The first-order valence-electron chi connectivity index (χ1n) is 3.84. The van der Waals surface area contributed by atoms with E-state index in [0.29, 0.717) is 21.5 Å². The summed E-state index contributed by atoms with van der Waals surface area (Å²) in [6.07, 6.45) is -2.92. The quantitative estimate of drug-likeness (QED) is 0.849. The van der Waals surface area contributed by atoms with Gasteiger partial charge in [0.25, 0.3) is 0 Å². The molecule has 0 aromatic carbocycles. The summed E-state index contributed by atoms with van der Waals surface area (Å²) in [4.78, 5) is -0.626. The molecule has 0 spiro atoms. The van der Waals surface area contributed by atoms with E-state index in [-0.39, 0.29) is 5.56 Å². The number of H-pyrrole nitrogens is 1. The summed E-state index contributed by atoms with van der Waals surface area (Å²) in [5, 5.41) is 7.57. The molecule has 2 aromatic heterocycles. The average Bonchev–Trinajstić information content (AvgIpc) is 2.69. The van der Waals surface area contributed by atoms with E-state index in [1.165, 1.54) is 17.6 Å². The van der Waals surface area contributed by atoms with Gasteiger partial charge in [-0.25, -0.2) is 0 Å². The highest BCUT2D eigenvalue weighted by molar-refractivity contribution is 9.10. The molecule has 0 aliphatic heterocycles. The summed E-state index contributed by atoms with van der Waals surface area (Å²) in [5.74, 6) is 0. The Kier molecular flexibility index (Phi) is 2.59. The molecule has 0 amide bonds. The summed E-state index contributed by atoms with van der Waals surface area (Å²) in [5.41, 5.74) is 0.473. The van der Waals surface area contributed by atoms with Crippen molar-refractivity contribution in [3.63, 3.8) is 0 Å². The Bertz CT molecular complexity index is 461. The molecule has 2 rings (SSSR count). The smallest absolute Gasteiger partial charge is 0.278 e. The second-order valence-electron chi connectivity index (χ2n) is 2.76. The number of nitrogens with one attached hydrogen (secondary N) is 1. The first kappa shape index (κ1) is 10.7. The maximum atomic E-state index is 12.6. The van der Waals surface area contributed by atoms with Gasteiger partial charge in [-0.3, -0.25) is 5.10 Å². The number of alkyl halides is 3. The van der Waals surface area contributed by atoms with Crippen LogP contribution in [0, 0.1) is 0 Å². The Hall–Kier alpha value is -0.820. The van der Waals surface area contributed by atoms with Crippen LogP contribution in [0.5, 0.6) is 0 Å². The number of aromatic nitrogens is 2. The maximum Gasteiger partial charge on any atom is 0.426 e. The van der Waals surface area contributed by atoms with E-state index in [1.54, 1.807) is 0 Å². The Morgan fingerprint density at radius 1 is 1.40 bits per heavy atom. The van der Waals surface area contributed by atoms with Crippen LogP contribution in [0.25, 0.3) is 11.3 Å². The summed E-state index contributed by atoms with van der Waals surface area (Å²) >= 11 is 3.76. The van der Waals surface area contributed by atoms with Gasteiger partial charge in [0.15, 0.2) is 0 Å². The lowest BCUT2D eigenvalue weighted by atomic mass is 10.2. The molecule has 0 unspecified atom stereocenters. The van der Waals surface area contributed by atoms with Gasteiger partial charge < -0.3 is 0 Å². The summed E-state index contributed by atoms with van der Waals surface area (Å²) in [6, 6.07) is 1.50. The van der Waals surface area contributed by atoms with E-state index in [2.05, 4.69) is 26.1 Å². The topological polar surface area (TPSA) is 28.7 Å². The van der Waals surface area contributed by atoms with E-state index < -0.39 is 11.1 Å². The molecule has 15 heavy (non-hydrogen) atoms.